The fourth-order valence-electron chi connectivity index (χ4n) is 0.550. The van der Waals surface area contributed by atoms with Crippen molar-refractivity contribution in [2.24, 2.45) is 0 Å². The van der Waals surface area contributed by atoms with E-state index in [1.54, 1.807) is 12.1 Å². The fourth-order valence-corrected chi connectivity index (χ4v) is 0.754. The van der Waals surface area contributed by atoms with E-state index >= 15 is 0 Å². The van der Waals surface area contributed by atoms with Crippen molar-refractivity contribution >= 4 is 11.6 Å². The van der Waals surface area contributed by atoms with Crippen LogP contribution in [0.25, 0.3) is 0 Å². The van der Waals surface area contributed by atoms with Crippen molar-refractivity contribution in [1.82, 2.24) is 0 Å². The second-order valence-corrected chi connectivity index (χ2v) is 2.19. The Balaban J connectivity index is 3.17. The summed E-state index contributed by atoms with van der Waals surface area (Å²) >= 11 is 5.52. The Hall–Kier alpha value is -0.690. The van der Waals surface area contributed by atoms with E-state index in [9.17, 15) is 0 Å². The number of aromatic hydroxyl groups is 1. The molecule has 0 aliphatic rings. The maximum absolute atomic E-state index is 8.88. The van der Waals surface area contributed by atoms with E-state index in [0.717, 1.165) is 5.56 Å². The van der Waals surface area contributed by atoms with E-state index in [1.807, 2.05) is 0 Å². The standard InChI is InChI=1S/C7H6ClO/c1-5-2-3-7(9)6(8)4-5/h2-4,9H,1H2. The molecule has 47 valence electrons. The summed E-state index contributed by atoms with van der Waals surface area (Å²) in [6.45, 7) is 3.63. The molecule has 0 saturated heterocycles. The first-order valence-electron chi connectivity index (χ1n) is 2.50. The lowest BCUT2D eigenvalue weighted by atomic mass is 10.2. The Morgan fingerprint density at radius 2 is 2.11 bits per heavy atom. The quantitative estimate of drug-likeness (QED) is 0.588. The number of rotatable bonds is 0. The highest BCUT2D eigenvalue weighted by atomic mass is 35.5. The molecule has 0 fully saturated rings. The molecule has 0 bridgehead atoms. The number of hydrogen-bond acceptors (Lipinski definition) is 1. The molecule has 0 unspecified atom stereocenters. The second kappa shape index (κ2) is 2.28. The second-order valence-electron chi connectivity index (χ2n) is 1.79. The summed E-state index contributed by atoms with van der Waals surface area (Å²) in [5, 5.41) is 9.23. The lowest BCUT2D eigenvalue weighted by Gasteiger charge is -1.94. The molecule has 0 spiro atoms. The van der Waals surface area contributed by atoms with E-state index in [0.29, 0.717) is 5.02 Å². The van der Waals surface area contributed by atoms with Crippen LogP contribution in [0.5, 0.6) is 5.75 Å². The molecule has 0 saturated carbocycles. The van der Waals surface area contributed by atoms with Crippen LogP contribution in [-0.4, -0.2) is 5.11 Å². The number of phenolic OH excluding ortho intramolecular Hbond substituents is 1. The topological polar surface area (TPSA) is 20.2 Å². The zero-order chi connectivity index (χ0) is 6.85. The van der Waals surface area contributed by atoms with Crippen LogP contribution >= 0.6 is 11.6 Å². The molecule has 0 aliphatic carbocycles. The van der Waals surface area contributed by atoms with Crippen molar-refractivity contribution in [3.05, 3.63) is 35.7 Å². The van der Waals surface area contributed by atoms with Gasteiger partial charge in [-0.15, -0.1) is 0 Å². The van der Waals surface area contributed by atoms with Gasteiger partial charge in [-0.2, -0.15) is 0 Å². The van der Waals surface area contributed by atoms with Crippen LogP contribution in [0, 0.1) is 6.92 Å². The Morgan fingerprint density at radius 3 is 2.56 bits per heavy atom. The normalized spacial score (nSPS) is 9.56. The van der Waals surface area contributed by atoms with E-state index < -0.39 is 0 Å². The molecule has 0 atom stereocenters. The largest absolute Gasteiger partial charge is 0.506 e. The Morgan fingerprint density at radius 1 is 1.44 bits per heavy atom. The SMILES string of the molecule is [CH2]c1ccc(O)c(Cl)c1. The van der Waals surface area contributed by atoms with Crippen molar-refractivity contribution in [3.8, 4) is 5.75 Å². The first-order chi connectivity index (χ1) is 4.20. The van der Waals surface area contributed by atoms with Gasteiger partial charge in [-0.3, -0.25) is 0 Å². The average molecular weight is 142 g/mol. The van der Waals surface area contributed by atoms with E-state index in [1.165, 1.54) is 6.07 Å². The Kier molecular flexibility index (Phi) is 1.63. The molecule has 1 nitrogen and oxygen atoms in total. The Labute approximate surface area is 58.9 Å². The van der Waals surface area contributed by atoms with Gasteiger partial charge >= 0.3 is 0 Å². The molecule has 0 aromatic heterocycles. The third kappa shape index (κ3) is 1.36. The molecular formula is C7H6ClO. The number of halogens is 1. The Bertz CT molecular complexity index is 220. The fraction of sp³-hybridized carbons (Fsp3) is 0. The molecule has 1 N–H and O–H groups in total. The van der Waals surface area contributed by atoms with Crippen molar-refractivity contribution in [1.29, 1.82) is 0 Å². The van der Waals surface area contributed by atoms with E-state index in [-0.39, 0.29) is 5.75 Å². The monoisotopic (exact) mass is 141 g/mol. The summed E-state index contributed by atoms with van der Waals surface area (Å²) < 4.78 is 0. The molecule has 1 rings (SSSR count). The maximum atomic E-state index is 8.88. The molecule has 0 heterocycles. The van der Waals surface area contributed by atoms with Gasteiger partial charge in [0.05, 0.1) is 5.02 Å². The van der Waals surface area contributed by atoms with Gasteiger partial charge in [0.1, 0.15) is 5.75 Å². The van der Waals surface area contributed by atoms with E-state index in [2.05, 4.69) is 6.92 Å². The van der Waals surface area contributed by atoms with Gasteiger partial charge in [0.2, 0.25) is 0 Å². The minimum atomic E-state index is 0.101. The highest BCUT2D eigenvalue weighted by Crippen LogP contribution is 2.22. The smallest absolute Gasteiger partial charge is 0.134 e. The van der Waals surface area contributed by atoms with Gasteiger partial charge in [-0.1, -0.05) is 17.7 Å². The zero-order valence-corrected chi connectivity index (χ0v) is 5.52. The summed E-state index contributed by atoms with van der Waals surface area (Å²) in [6.07, 6.45) is 0. The summed E-state index contributed by atoms with van der Waals surface area (Å²) in [6, 6.07) is 4.82. The molecule has 1 aromatic carbocycles. The number of hydrogen-bond donors (Lipinski definition) is 1. The predicted molar refractivity (Wildman–Crippen MR) is 37.6 cm³/mol. The number of phenols is 1. The molecule has 0 aliphatic heterocycles. The molecule has 9 heavy (non-hydrogen) atoms. The van der Waals surface area contributed by atoms with Crippen molar-refractivity contribution in [3.63, 3.8) is 0 Å². The van der Waals surface area contributed by atoms with Crippen LogP contribution in [0.2, 0.25) is 5.02 Å². The third-order valence-corrected chi connectivity index (χ3v) is 1.31. The first-order valence-corrected chi connectivity index (χ1v) is 2.88. The summed E-state index contributed by atoms with van der Waals surface area (Å²) in [5.41, 5.74) is 0.804. The van der Waals surface area contributed by atoms with Crippen LogP contribution in [0.1, 0.15) is 5.56 Å². The zero-order valence-electron chi connectivity index (χ0n) is 4.76. The molecule has 1 aromatic rings. The molecule has 0 amide bonds. The first kappa shape index (κ1) is 6.43. The van der Waals surface area contributed by atoms with Crippen LogP contribution in [0.3, 0.4) is 0 Å². The van der Waals surface area contributed by atoms with Gasteiger partial charge in [-0.05, 0) is 24.6 Å². The lowest BCUT2D eigenvalue weighted by Crippen LogP contribution is -1.70. The van der Waals surface area contributed by atoms with Crippen LogP contribution in [0.15, 0.2) is 18.2 Å². The van der Waals surface area contributed by atoms with Crippen molar-refractivity contribution in [2.45, 2.75) is 0 Å². The van der Waals surface area contributed by atoms with Gasteiger partial charge in [0.25, 0.3) is 0 Å². The van der Waals surface area contributed by atoms with Crippen molar-refractivity contribution < 1.29 is 5.11 Å². The average Bonchev–Trinajstić information content (AvgIpc) is 1.80. The highest BCUT2D eigenvalue weighted by molar-refractivity contribution is 6.32. The third-order valence-electron chi connectivity index (χ3n) is 1.01. The minimum Gasteiger partial charge on any atom is -0.506 e. The van der Waals surface area contributed by atoms with Crippen LogP contribution < -0.4 is 0 Å². The summed E-state index contributed by atoms with van der Waals surface area (Å²) in [7, 11) is 0. The summed E-state index contributed by atoms with van der Waals surface area (Å²) in [4.78, 5) is 0. The lowest BCUT2D eigenvalue weighted by molar-refractivity contribution is 0.475. The summed E-state index contributed by atoms with van der Waals surface area (Å²) in [5.74, 6) is 0.101. The van der Waals surface area contributed by atoms with Gasteiger partial charge in [0.15, 0.2) is 0 Å². The molecule has 1 radical (unpaired) electrons. The van der Waals surface area contributed by atoms with Gasteiger partial charge in [-0.25, -0.2) is 0 Å². The van der Waals surface area contributed by atoms with Crippen LogP contribution in [-0.2, 0) is 0 Å². The minimum absolute atomic E-state index is 0.101. The van der Waals surface area contributed by atoms with Gasteiger partial charge < -0.3 is 5.11 Å². The van der Waals surface area contributed by atoms with E-state index in [4.69, 9.17) is 16.7 Å². The maximum Gasteiger partial charge on any atom is 0.134 e. The highest BCUT2D eigenvalue weighted by Gasteiger charge is 1.94. The van der Waals surface area contributed by atoms with Crippen molar-refractivity contribution in [2.75, 3.05) is 0 Å². The predicted octanol–water partition coefficient (Wildman–Crippen LogP) is 2.23. The molecular weight excluding hydrogens is 136 g/mol. The number of benzene rings is 1. The van der Waals surface area contributed by atoms with Gasteiger partial charge in [0, 0.05) is 0 Å². The molecule has 2 heteroatoms. The van der Waals surface area contributed by atoms with Crippen LogP contribution in [0.4, 0.5) is 0 Å².